The van der Waals surface area contributed by atoms with Crippen molar-refractivity contribution in [3.8, 4) is 0 Å². The average Bonchev–Trinajstić information content (AvgIpc) is 2.96. The molecule has 1 aliphatic heterocycles. The molecule has 0 fully saturated rings. The molecule has 0 bridgehead atoms. The largest absolute Gasteiger partial charge is 0.538 e. The Hall–Kier alpha value is -2.75. The van der Waals surface area contributed by atoms with Gasteiger partial charge in [0, 0.05) is 15.6 Å². The summed E-state index contributed by atoms with van der Waals surface area (Å²) in [6.07, 6.45) is 1.76. The number of nitrogens with zero attached hydrogens (tertiary/aromatic N) is 3. The number of anilines is 3. The second-order valence-electron chi connectivity index (χ2n) is 7.94. The highest BCUT2D eigenvalue weighted by atomic mass is 15.3. The molecule has 0 spiro atoms. The Kier molecular flexibility index (Phi) is 3.64. The standard InChI is InChI=1S/C24H29BN3/c1-16-10-8-11-17(2)23(16)25-27(7)21-13-9-12-18(3)24(21)28(25)22-14-19(4)20(5)15-26(22)6/h8-15H,1-7H3/q+1/i5D3. The number of pyridine rings is 1. The Morgan fingerprint density at radius 3 is 2.21 bits per heavy atom. The first kappa shape index (κ1) is 15.2. The van der Waals surface area contributed by atoms with Gasteiger partial charge in [-0.15, -0.1) is 0 Å². The van der Waals surface area contributed by atoms with Crippen molar-refractivity contribution in [3.63, 3.8) is 0 Å². The van der Waals surface area contributed by atoms with Crippen molar-refractivity contribution in [2.24, 2.45) is 7.05 Å². The van der Waals surface area contributed by atoms with Gasteiger partial charge in [-0.3, -0.25) is 4.81 Å². The number of aromatic nitrogens is 1. The highest BCUT2D eigenvalue weighted by Gasteiger charge is 2.50. The Morgan fingerprint density at radius 1 is 0.893 bits per heavy atom. The summed E-state index contributed by atoms with van der Waals surface area (Å²) in [5, 5.41) is 0. The fourth-order valence-corrected chi connectivity index (χ4v) is 4.44. The van der Waals surface area contributed by atoms with Gasteiger partial charge in [-0.1, -0.05) is 30.3 Å². The lowest BCUT2D eigenvalue weighted by Crippen LogP contribution is -2.57. The van der Waals surface area contributed by atoms with Crippen LogP contribution in [0.4, 0.5) is 17.2 Å². The number of aryl methyl sites for hydroxylation is 6. The molecule has 4 heteroatoms. The van der Waals surface area contributed by atoms with Crippen LogP contribution in [0.1, 0.15) is 31.9 Å². The van der Waals surface area contributed by atoms with Crippen molar-refractivity contribution >= 4 is 29.6 Å². The second kappa shape index (κ2) is 6.70. The molecule has 0 radical (unpaired) electrons. The summed E-state index contributed by atoms with van der Waals surface area (Å²) in [6.45, 7) is 6.18. The fraction of sp³-hybridized carbons (Fsp3) is 0.292. The van der Waals surface area contributed by atoms with Crippen LogP contribution in [0.15, 0.2) is 48.7 Å². The van der Waals surface area contributed by atoms with E-state index >= 15 is 0 Å². The maximum absolute atomic E-state index is 7.90. The lowest BCUT2D eigenvalue weighted by atomic mass is 9.62. The summed E-state index contributed by atoms with van der Waals surface area (Å²) in [7, 11) is 4.07. The van der Waals surface area contributed by atoms with Crippen molar-refractivity contribution in [1.82, 2.24) is 0 Å². The minimum atomic E-state index is -2.14. The van der Waals surface area contributed by atoms with E-state index in [0.29, 0.717) is 5.56 Å². The normalized spacial score (nSPS) is 15.4. The molecule has 2 heterocycles. The molecule has 3 nitrogen and oxygen atoms in total. The van der Waals surface area contributed by atoms with Gasteiger partial charge in [-0.05, 0) is 75.5 Å². The van der Waals surface area contributed by atoms with Crippen LogP contribution in [0.3, 0.4) is 0 Å². The molecule has 142 valence electrons. The third kappa shape index (κ3) is 2.70. The van der Waals surface area contributed by atoms with E-state index in [9.17, 15) is 0 Å². The predicted octanol–water partition coefficient (Wildman–Crippen LogP) is 4.04. The monoisotopic (exact) mass is 373 g/mol. The quantitative estimate of drug-likeness (QED) is 0.496. The van der Waals surface area contributed by atoms with Crippen molar-refractivity contribution in [1.29, 1.82) is 0 Å². The van der Waals surface area contributed by atoms with E-state index in [1.807, 2.05) is 24.6 Å². The molecule has 0 unspecified atom stereocenters. The highest BCUT2D eigenvalue weighted by molar-refractivity contribution is 6.83. The van der Waals surface area contributed by atoms with Gasteiger partial charge in [0.25, 0.3) is 5.82 Å². The first-order chi connectivity index (χ1) is 14.5. The smallest absolute Gasteiger partial charge is 0.369 e. The van der Waals surface area contributed by atoms with Crippen LogP contribution in [0.25, 0.3) is 0 Å². The van der Waals surface area contributed by atoms with E-state index in [0.717, 1.165) is 17.1 Å². The van der Waals surface area contributed by atoms with Gasteiger partial charge in [0.05, 0.1) is 18.9 Å². The van der Waals surface area contributed by atoms with E-state index in [4.69, 9.17) is 4.11 Å². The van der Waals surface area contributed by atoms with Crippen LogP contribution >= 0.6 is 0 Å². The van der Waals surface area contributed by atoms with Gasteiger partial charge in [0.15, 0.2) is 0 Å². The predicted molar refractivity (Wildman–Crippen MR) is 120 cm³/mol. The van der Waals surface area contributed by atoms with Gasteiger partial charge in [-0.2, -0.15) is 0 Å². The maximum Gasteiger partial charge on any atom is 0.538 e. The summed E-state index contributed by atoms with van der Waals surface area (Å²) >= 11 is 0. The maximum atomic E-state index is 7.90. The molecule has 0 saturated carbocycles. The molecule has 0 atom stereocenters. The lowest BCUT2D eigenvalue weighted by Gasteiger charge is -2.24. The lowest BCUT2D eigenvalue weighted by molar-refractivity contribution is -0.658. The molecular formula is C24H29BN3+. The van der Waals surface area contributed by atoms with Crippen LogP contribution in [0.5, 0.6) is 0 Å². The van der Waals surface area contributed by atoms with Crippen LogP contribution in [-0.2, 0) is 7.05 Å². The molecule has 3 aromatic rings. The number of fused-ring (bicyclic) bond motifs is 1. The number of rotatable bonds is 2. The number of para-hydroxylation sites is 1. The van der Waals surface area contributed by atoms with E-state index in [-0.39, 0.29) is 6.98 Å². The van der Waals surface area contributed by atoms with Gasteiger partial charge >= 0.3 is 6.98 Å². The van der Waals surface area contributed by atoms with Gasteiger partial charge in [-0.25, -0.2) is 4.57 Å². The van der Waals surface area contributed by atoms with E-state index < -0.39 is 6.85 Å². The zero-order chi connectivity index (χ0) is 22.7. The molecule has 0 amide bonds. The Bertz CT molecular complexity index is 1150. The minimum absolute atomic E-state index is 0.0264. The van der Waals surface area contributed by atoms with Crippen molar-refractivity contribution in [3.05, 3.63) is 76.5 Å². The second-order valence-corrected chi connectivity index (χ2v) is 7.94. The molecule has 0 saturated heterocycles. The number of benzene rings is 2. The van der Waals surface area contributed by atoms with Crippen molar-refractivity contribution in [2.75, 3.05) is 16.7 Å². The van der Waals surface area contributed by atoms with Crippen LogP contribution in [-0.4, -0.2) is 14.0 Å². The Morgan fingerprint density at radius 2 is 1.54 bits per heavy atom. The summed E-state index contributed by atoms with van der Waals surface area (Å²) < 4.78 is 25.7. The van der Waals surface area contributed by atoms with Gasteiger partial charge in [0.2, 0.25) is 0 Å². The summed E-state index contributed by atoms with van der Waals surface area (Å²) in [5.41, 5.74) is 8.45. The molecule has 1 aliphatic rings. The molecule has 0 N–H and O–H groups in total. The zero-order valence-electron chi connectivity index (χ0n) is 20.5. The molecule has 1 aromatic heterocycles. The SMILES string of the molecule is [2H]C([2H])([2H])c1c[n+](C)c(N2B(c3c(C)cccc3C)N(C)c3cccc(C)c32)cc1C. The van der Waals surface area contributed by atoms with Crippen molar-refractivity contribution in [2.45, 2.75) is 34.5 Å². The first-order valence-electron chi connectivity index (χ1n) is 11.2. The highest BCUT2D eigenvalue weighted by Crippen LogP contribution is 2.43. The fourth-order valence-electron chi connectivity index (χ4n) is 4.44. The Balaban J connectivity index is 2.01. The molecule has 4 rings (SSSR count). The van der Waals surface area contributed by atoms with E-state index in [1.54, 1.807) is 6.20 Å². The van der Waals surface area contributed by atoms with Crippen LogP contribution < -0.4 is 19.7 Å². The third-order valence-corrected chi connectivity index (χ3v) is 5.95. The molecule has 28 heavy (non-hydrogen) atoms. The Labute approximate surface area is 173 Å². The van der Waals surface area contributed by atoms with E-state index in [1.165, 1.54) is 27.8 Å². The number of hydrogen-bond acceptors (Lipinski definition) is 2. The first-order valence-corrected chi connectivity index (χ1v) is 9.71. The third-order valence-electron chi connectivity index (χ3n) is 5.95. The van der Waals surface area contributed by atoms with E-state index in [2.05, 4.69) is 73.8 Å². The average molecular weight is 373 g/mol. The topological polar surface area (TPSA) is 10.4 Å². The summed E-state index contributed by atoms with van der Waals surface area (Å²) in [6, 6.07) is 14.8. The minimum Gasteiger partial charge on any atom is -0.369 e. The van der Waals surface area contributed by atoms with Crippen LogP contribution in [0.2, 0.25) is 0 Å². The molecule has 2 aromatic carbocycles. The van der Waals surface area contributed by atoms with Gasteiger partial charge < -0.3 is 4.81 Å². The number of hydrogen-bond donors (Lipinski definition) is 0. The van der Waals surface area contributed by atoms with Gasteiger partial charge in [0.1, 0.15) is 5.69 Å². The molecule has 0 aliphatic carbocycles. The van der Waals surface area contributed by atoms with Crippen LogP contribution in [0, 0.1) is 34.5 Å². The summed E-state index contributed by atoms with van der Waals surface area (Å²) in [4.78, 5) is 4.68. The van der Waals surface area contributed by atoms with Crippen molar-refractivity contribution < 1.29 is 8.68 Å². The zero-order valence-corrected chi connectivity index (χ0v) is 17.5. The summed E-state index contributed by atoms with van der Waals surface area (Å²) in [5.74, 6) is 0.970. The molecular weight excluding hydrogens is 341 g/mol.